The number of methoxy groups -OCH3 is 2. The zero-order valence-electron chi connectivity index (χ0n) is 30.0. The van der Waals surface area contributed by atoms with Crippen LogP contribution < -0.4 is 24.4 Å². The maximum Gasteiger partial charge on any atom is 0.271 e. The van der Waals surface area contributed by atoms with Crippen LogP contribution in [0.4, 0.5) is 5.69 Å². The molecular formula is C45H34N4O5S. The second-order valence-electron chi connectivity index (χ2n) is 13.4. The number of fused-ring (bicyclic) bond motifs is 3. The van der Waals surface area contributed by atoms with E-state index in [-0.39, 0.29) is 11.2 Å². The molecule has 1 aliphatic carbocycles. The molecule has 0 spiro atoms. The second kappa shape index (κ2) is 13.9. The number of hydrogen-bond acceptors (Lipinski definition) is 7. The number of nitrogens with zero attached hydrogens (tertiary/aromatic N) is 4. The van der Waals surface area contributed by atoms with E-state index >= 15 is 0 Å². The van der Waals surface area contributed by atoms with Gasteiger partial charge in [0.15, 0.2) is 16.3 Å². The van der Waals surface area contributed by atoms with Crippen LogP contribution in [0.15, 0.2) is 149 Å². The Morgan fingerprint density at radius 2 is 1.49 bits per heavy atom. The Hall–Kier alpha value is -6.78. The number of non-ortho nitro benzene ring substituents is 1. The summed E-state index contributed by atoms with van der Waals surface area (Å²) in [6.07, 6.45) is 3.57. The van der Waals surface area contributed by atoms with Gasteiger partial charge in [0.25, 0.3) is 11.2 Å². The van der Waals surface area contributed by atoms with E-state index in [0.717, 1.165) is 69.0 Å². The third-order valence-corrected chi connectivity index (χ3v) is 11.3. The van der Waals surface area contributed by atoms with Gasteiger partial charge in [0, 0.05) is 28.9 Å². The minimum absolute atomic E-state index is 0.00844. The van der Waals surface area contributed by atoms with Crippen LogP contribution in [-0.4, -0.2) is 28.3 Å². The maximum absolute atomic E-state index is 14.9. The average molecular weight is 743 g/mol. The monoisotopic (exact) mass is 742 g/mol. The number of rotatable bonds is 8. The van der Waals surface area contributed by atoms with Gasteiger partial charge in [0.1, 0.15) is 0 Å². The van der Waals surface area contributed by atoms with Crippen LogP contribution in [0.5, 0.6) is 11.5 Å². The number of nitro benzene ring substituents is 1. The summed E-state index contributed by atoms with van der Waals surface area (Å²) in [5.41, 5.74) is 10.3. The van der Waals surface area contributed by atoms with E-state index in [4.69, 9.17) is 14.5 Å². The van der Waals surface area contributed by atoms with Crippen molar-refractivity contribution in [3.05, 3.63) is 191 Å². The summed E-state index contributed by atoms with van der Waals surface area (Å²) in [6.45, 7) is 0. The fourth-order valence-corrected chi connectivity index (χ4v) is 8.82. The standard InChI is InChI=1S/C45H34N4O5S/c1-53-38-24-18-31(26-39(38)54-2)43-36-23-17-28-11-9-10-16-35(28)41(36)46-45-48(43)44(50)40(55-45)27-32-25-37(29-12-5-3-6-13-29)47(42(32)30-14-7-4-8-15-30)33-19-21-34(22-20-33)49(51)52/h3-16,18-22,24-27,43H,17,23H2,1-2H3/b40-27+/t43-/m0/s1. The summed E-state index contributed by atoms with van der Waals surface area (Å²) in [7, 11) is 3.23. The second-order valence-corrected chi connectivity index (χ2v) is 14.4. The molecule has 3 heterocycles. The first-order valence-corrected chi connectivity index (χ1v) is 18.7. The first-order chi connectivity index (χ1) is 26.9. The highest BCUT2D eigenvalue weighted by atomic mass is 32.1. The molecule has 0 bridgehead atoms. The summed E-state index contributed by atoms with van der Waals surface area (Å²) < 4.78 is 15.8. The number of nitro groups is 1. The average Bonchev–Trinajstić information content (AvgIpc) is 3.77. The van der Waals surface area contributed by atoms with Crippen molar-refractivity contribution < 1.29 is 14.4 Å². The molecule has 10 heteroatoms. The fraction of sp³-hybridized carbons (Fsp3) is 0.111. The van der Waals surface area contributed by atoms with Gasteiger partial charge in [-0.05, 0) is 77.1 Å². The number of aryl methyl sites for hydroxylation is 1. The summed E-state index contributed by atoms with van der Waals surface area (Å²) in [5.74, 6) is 1.20. The largest absolute Gasteiger partial charge is 0.493 e. The molecule has 9 rings (SSSR count). The lowest BCUT2D eigenvalue weighted by Gasteiger charge is -2.31. The molecule has 0 saturated heterocycles. The minimum Gasteiger partial charge on any atom is -0.493 e. The van der Waals surface area contributed by atoms with Crippen molar-refractivity contribution >= 4 is 28.8 Å². The quantitative estimate of drug-likeness (QED) is 0.115. The lowest BCUT2D eigenvalue weighted by atomic mass is 9.83. The zero-order valence-corrected chi connectivity index (χ0v) is 30.8. The van der Waals surface area contributed by atoms with Crippen LogP contribution in [0, 0.1) is 10.1 Å². The van der Waals surface area contributed by atoms with Crippen molar-refractivity contribution in [1.82, 2.24) is 9.13 Å². The molecule has 2 aliphatic rings. The number of ether oxygens (including phenoxy) is 2. The van der Waals surface area contributed by atoms with Gasteiger partial charge in [-0.2, -0.15) is 0 Å². The molecule has 9 nitrogen and oxygen atoms in total. The molecule has 5 aromatic carbocycles. The summed E-state index contributed by atoms with van der Waals surface area (Å²) in [4.78, 5) is 32.0. The van der Waals surface area contributed by atoms with E-state index in [0.29, 0.717) is 20.8 Å². The van der Waals surface area contributed by atoms with Crippen molar-refractivity contribution in [1.29, 1.82) is 0 Å². The highest BCUT2D eigenvalue weighted by molar-refractivity contribution is 7.07. The van der Waals surface area contributed by atoms with E-state index in [9.17, 15) is 14.9 Å². The van der Waals surface area contributed by atoms with Gasteiger partial charge in [-0.1, -0.05) is 102 Å². The predicted molar refractivity (Wildman–Crippen MR) is 216 cm³/mol. The Kier molecular flexibility index (Phi) is 8.59. The minimum atomic E-state index is -0.403. The van der Waals surface area contributed by atoms with Gasteiger partial charge in [0.2, 0.25) is 0 Å². The first kappa shape index (κ1) is 34.0. The molecule has 0 saturated carbocycles. The normalized spacial score (nSPS) is 14.8. The Balaban J connectivity index is 1.31. The van der Waals surface area contributed by atoms with Crippen molar-refractivity contribution in [3.8, 4) is 39.7 Å². The third kappa shape index (κ3) is 5.87. The zero-order chi connectivity index (χ0) is 37.6. The first-order valence-electron chi connectivity index (χ1n) is 17.9. The van der Waals surface area contributed by atoms with E-state index in [1.807, 2.05) is 95.6 Å². The molecule has 0 unspecified atom stereocenters. The van der Waals surface area contributed by atoms with Gasteiger partial charge < -0.3 is 14.0 Å². The summed E-state index contributed by atoms with van der Waals surface area (Å²) in [6, 6.07) is 42.5. The third-order valence-electron chi connectivity index (χ3n) is 10.3. The number of benzene rings is 5. The van der Waals surface area contributed by atoms with Crippen LogP contribution in [0.25, 0.3) is 40.0 Å². The van der Waals surface area contributed by atoms with Gasteiger partial charge in [-0.25, -0.2) is 4.99 Å². The van der Waals surface area contributed by atoms with Gasteiger partial charge in [-0.15, -0.1) is 0 Å². The molecule has 1 aliphatic heterocycles. The topological polar surface area (TPSA) is 101 Å². The SMILES string of the molecule is COc1ccc([C@H]2C3=C(N=c4s/c(=C/c5cc(-c6ccccc6)n(-c6ccc([N+](=O)[O-])cc6)c5-c5ccccc5)c(=O)n42)c2ccccc2CC3)cc1OC. The molecule has 2 aromatic heterocycles. The number of aromatic nitrogens is 2. The van der Waals surface area contributed by atoms with E-state index in [1.165, 1.54) is 29.0 Å². The van der Waals surface area contributed by atoms with Crippen LogP contribution >= 0.6 is 11.3 Å². The number of thiazole rings is 1. The highest BCUT2D eigenvalue weighted by Gasteiger charge is 2.33. The lowest BCUT2D eigenvalue weighted by molar-refractivity contribution is -0.384. The molecule has 55 heavy (non-hydrogen) atoms. The molecule has 0 fully saturated rings. The van der Waals surface area contributed by atoms with E-state index in [1.54, 1.807) is 26.4 Å². The maximum atomic E-state index is 14.9. The number of allylic oxidation sites excluding steroid dienone is 1. The van der Waals surface area contributed by atoms with Crippen molar-refractivity contribution in [2.75, 3.05) is 14.2 Å². The van der Waals surface area contributed by atoms with Gasteiger partial charge in [0.05, 0.1) is 46.8 Å². The molecule has 0 radical (unpaired) electrons. The molecule has 1 atom stereocenters. The Labute approximate surface area is 320 Å². The predicted octanol–water partition coefficient (Wildman–Crippen LogP) is 8.37. The van der Waals surface area contributed by atoms with Gasteiger partial charge in [-0.3, -0.25) is 19.5 Å². The van der Waals surface area contributed by atoms with Gasteiger partial charge >= 0.3 is 0 Å². The van der Waals surface area contributed by atoms with Crippen LogP contribution in [0.1, 0.15) is 34.7 Å². The number of hydrogen-bond donors (Lipinski definition) is 0. The van der Waals surface area contributed by atoms with E-state index in [2.05, 4.69) is 28.8 Å². The molecule has 7 aromatic rings. The fourth-order valence-electron chi connectivity index (χ4n) is 7.83. The van der Waals surface area contributed by atoms with Crippen molar-refractivity contribution in [2.24, 2.45) is 4.99 Å². The van der Waals surface area contributed by atoms with Crippen LogP contribution in [-0.2, 0) is 6.42 Å². The smallest absolute Gasteiger partial charge is 0.271 e. The van der Waals surface area contributed by atoms with Crippen LogP contribution in [0.3, 0.4) is 0 Å². The molecule has 0 amide bonds. The van der Waals surface area contributed by atoms with Crippen LogP contribution in [0.2, 0.25) is 0 Å². The summed E-state index contributed by atoms with van der Waals surface area (Å²) in [5, 5.41) is 11.6. The highest BCUT2D eigenvalue weighted by Crippen LogP contribution is 2.43. The molecular weight excluding hydrogens is 709 g/mol. The summed E-state index contributed by atoms with van der Waals surface area (Å²) >= 11 is 1.37. The Morgan fingerprint density at radius 1 is 0.800 bits per heavy atom. The van der Waals surface area contributed by atoms with Crippen molar-refractivity contribution in [3.63, 3.8) is 0 Å². The molecule has 270 valence electrons. The Bertz CT molecular complexity index is 2840. The Morgan fingerprint density at radius 3 is 2.20 bits per heavy atom. The van der Waals surface area contributed by atoms with E-state index < -0.39 is 11.0 Å². The van der Waals surface area contributed by atoms with Crippen molar-refractivity contribution in [2.45, 2.75) is 18.9 Å². The lowest BCUT2D eigenvalue weighted by Crippen LogP contribution is -2.38. The molecule has 0 N–H and O–H groups in total.